The van der Waals surface area contributed by atoms with E-state index in [1.807, 2.05) is 12.1 Å². The molecule has 0 bridgehead atoms. The zero-order valence-corrected chi connectivity index (χ0v) is 14.1. The molecule has 0 saturated carbocycles. The molecule has 0 unspecified atom stereocenters. The molecular formula is C18H19N3O5. The Labute approximate surface area is 149 Å². The zero-order chi connectivity index (χ0) is 18.1. The van der Waals surface area contributed by atoms with Crippen LogP contribution in [0.5, 0.6) is 11.5 Å². The number of hydrogen-bond donors (Lipinski definition) is 1. The van der Waals surface area contributed by atoms with E-state index < -0.39 is 11.5 Å². The number of carboxylic acids is 1. The first-order valence-corrected chi connectivity index (χ1v) is 8.48. The van der Waals surface area contributed by atoms with Gasteiger partial charge in [-0.25, -0.2) is 4.79 Å². The summed E-state index contributed by atoms with van der Waals surface area (Å²) in [6.45, 7) is 0.967. The van der Waals surface area contributed by atoms with Crippen LogP contribution >= 0.6 is 0 Å². The van der Waals surface area contributed by atoms with Crippen molar-refractivity contribution in [3.05, 3.63) is 42.2 Å². The Morgan fingerprint density at radius 2 is 1.96 bits per heavy atom. The summed E-state index contributed by atoms with van der Waals surface area (Å²) >= 11 is 0. The Kier molecular flexibility index (Phi) is 4.02. The summed E-state index contributed by atoms with van der Waals surface area (Å²) in [6, 6.07) is 7.17. The van der Waals surface area contributed by atoms with Crippen LogP contribution in [-0.2, 0) is 21.5 Å². The zero-order valence-electron chi connectivity index (χ0n) is 14.1. The van der Waals surface area contributed by atoms with Gasteiger partial charge in [0.2, 0.25) is 12.7 Å². The minimum Gasteiger partial charge on any atom is -0.479 e. The highest BCUT2D eigenvalue weighted by molar-refractivity contribution is 5.81. The molecule has 0 atom stereocenters. The van der Waals surface area contributed by atoms with Crippen LogP contribution in [0.2, 0.25) is 0 Å². The van der Waals surface area contributed by atoms with E-state index in [9.17, 15) is 14.7 Å². The number of rotatable bonds is 4. The first-order chi connectivity index (χ1) is 12.6. The number of amides is 1. The van der Waals surface area contributed by atoms with Gasteiger partial charge >= 0.3 is 5.97 Å². The number of aliphatic carboxylic acids is 1. The number of ether oxygens (including phenoxy) is 2. The molecule has 1 fully saturated rings. The van der Waals surface area contributed by atoms with Gasteiger partial charge < -0.3 is 19.5 Å². The fraction of sp³-hybridized carbons (Fsp3) is 0.389. The highest BCUT2D eigenvalue weighted by atomic mass is 16.7. The number of benzene rings is 1. The number of carboxylic acid groups (broad SMARTS) is 1. The van der Waals surface area contributed by atoms with E-state index in [1.165, 1.54) is 4.68 Å². The molecule has 2 aliphatic rings. The summed E-state index contributed by atoms with van der Waals surface area (Å²) in [5.74, 6) is 0.398. The van der Waals surface area contributed by atoms with Gasteiger partial charge in [0.1, 0.15) is 0 Å². The van der Waals surface area contributed by atoms with Gasteiger partial charge in [-0.15, -0.1) is 0 Å². The van der Waals surface area contributed by atoms with Gasteiger partial charge in [0.05, 0.1) is 6.42 Å². The van der Waals surface area contributed by atoms with E-state index in [1.54, 1.807) is 29.4 Å². The van der Waals surface area contributed by atoms with Gasteiger partial charge in [-0.3, -0.25) is 9.48 Å². The van der Waals surface area contributed by atoms with E-state index in [4.69, 9.17) is 9.47 Å². The Bertz CT molecular complexity index is 825. The van der Waals surface area contributed by atoms with Crippen molar-refractivity contribution >= 4 is 11.9 Å². The predicted molar refractivity (Wildman–Crippen MR) is 89.9 cm³/mol. The number of likely N-dealkylation sites (tertiary alicyclic amines) is 1. The molecule has 1 N–H and O–H groups in total. The molecule has 1 aromatic carbocycles. The fourth-order valence-corrected chi connectivity index (χ4v) is 3.53. The average molecular weight is 357 g/mol. The molecule has 136 valence electrons. The van der Waals surface area contributed by atoms with Gasteiger partial charge in [0.25, 0.3) is 0 Å². The predicted octanol–water partition coefficient (Wildman–Crippen LogP) is 1.26. The van der Waals surface area contributed by atoms with Crippen molar-refractivity contribution < 1.29 is 24.2 Å². The molecular weight excluding hydrogens is 338 g/mol. The van der Waals surface area contributed by atoms with Gasteiger partial charge in [-0.05, 0) is 23.8 Å². The van der Waals surface area contributed by atoms with E-state index in [0.717, 1.165) is 5.56 Å². The maximum absolute atomic E-state index is 12.6. The van der Waals surface area contributed by atoms with E-state index in [0.29, 0.717) is 37.4 Å². The highest BCUT2D eigenvalue weighted by Gasteiger charge is 2.44. The number of hydrogen-bond acceptors (Lipinski definition) is 5. The molecule has 1 amide bonds. The van der Waals surface area contributed by atoms with Crippen molar-refractivity contribution in [1.29, 1.82) is 0 Å². The van der Waals surface area contributed by atoms with Crippen LogP contribution in [0.25, 0.3) is 0 Å². The Morgan fingerprint density at radius 1 is 1.19 bits per heavy atom. The van der Waals surface area contributed by atoms with Crippen molar-refractivity contribution in [3.8, 4) is 11.5 Å². The maximum atomic E-state index is 12.6. The van der Waals surface area contributed by atoms with Crippen molar-refractivity contribution in [2.45, 2.75) is 24.8 Å². The van der Waals surface area contributed by atoms with Crippen molar-refractivity contribution in [3.63, 3.8) is 0 Å². The van der Waals surface area contributed by atoms with Crippen molar-refractivity contribution in [2.24, 2.45) is 0 Å². The molecule has 4 rings (SSSR count). The van der Waals surface area contributed by atoms with Crippen LogP contribution in [0.1, 0.15) is 18.4 Å². The van der Waals surface area contributed by atoms with Crippen LogP contribution in [-0.4, -0.2) is 51.5 Å². The fourth-order valence-electron chi connectivity index (χ4n) is 3.53. The minimum atomic E-state index is -1.08. The van der Waals surface area contributed by atoms with E-state index in [-0.39, 0.29) is 19.1 Å². The van der Waals surface area contributed by atoms with Crippen LogP contribution in [0, 0.1) is 0 Å². The standard InChI is InChI=1S/C18H19N3O5/c22-16(11-13-2-3-14-15(10-13)26-12-25-14)20-8-4-18(5-9-20,17(23)24)21-7-1-6-19-21/h1-3,6-7,10H,4-5,8-9,11-12H2,(H,23,24). The van der Waals surface area contributed by atoms with Gasteiger partial charge in [-0.1, -0.05) is 6.07 Å². The summed E-state index contributed by atoms with van der Waals surface area (Å²) in [5.41, 5.74) is -0.236. The van der Waals surface area contributed by atoms with Gasteiger partial charge in [-0.2, -0.15) is 5.10 Å². The molecule has 8 heteroatoms. The normalized spacial score (nSPS) is 17.9. The topological polar surface area (TPSA) is 93.9 Å². The number of nitrogens with zero attached hydrogens (tertiary/aromatic N) is 3. The highest BCUT2D eigenvalue weighted by Crippen LogP contribution is 2.33. The molecule has 2 aromatic rings. The number of fused-ring (bicyclic) bond motifs is 1. The summed E-state index contributed by atoms with van der Waals surface area (Å²) in [7, 11) is 0. The third kappa shape index (κ3) is 2.77. The Morgan fingerprint density at radius 3 is 2.65 bits per heavy atom. The van der Waals surface area contributed by atoms with Crippen LogP contribution in [0.4, 0.5) is 0 Å². The second-order valence-electron chi connectivity index (χ2n) is 6.53. The number of carbonyl (C=O) groups excluding carboxylic acids is 1. The minimum absolute atomic E-state index is 0.0247. The first-order valence-electron chi connectivity index (χ1n) is 8.48. The molecule has 2 aliphatic heterocycles. The second-order valence-corrected chi connectivity index (χ2v) is 6.53. The lowest BCUT2D eigenvalue weighted by atomic mass is 9.87. The van der Waals surface area contributed by atoms with E-state index in [2.05, 4.69) is 5.10 Å². The molecule has 0 spiro atoms. The monoisotopic (exact) mass is 357 g/mol. The quantitative estimate of drug-likeness (QED) is 0.885. The van der Waals surface area contributed by atoms with E-state index >= 15 is 0 Å². The molecule has 3 heterocycles. The lowest BCUT2D eigenvalue weighted by Gasteiger charge is -2.39. The molecule has 26 heavy (non-hydrogen) atoms. The number of piperidine rings is 1. The lowest BCUT2D eigenvalue weighted by Crippen LogP contribution is -2.52. The van der Waals surface area contributed by atoms with Crippen molar-refractivity contribution in [2.75, 3.05) is 19.9 Å². The Balaban J connectivity index is 1.42. The Hall–Kier alpha value is -3.03. The number of aromatic nitrogens is 2. The summed E-state index contributed by atoms with van der Waals surface area (Å²) in [4.78, 5) is 26.2. The first kappa shape index (κ1) is 16.4. The lowest BCUT2D eigenvalue weighted by molar-refractivity contribution is -0.153. The molecule has 0 aliphatic carbocycles. The maximum Gasteiger partial charge on any atom is 0.331 e. The van der Waals surface area contributed by atoms with Gasteiger partial charge in [0.15, 0.2) is 17.0 Å². The smallest absolute Gasteiger partial charge is 0.331 e. The summed E-state index contributed by atoms with van der Waals surface area (Å²) in [6.07, 6.45) is 4.15. The molecule has 1 aromatic heterocycles. The molecule has 8 nitrogen and oxygen atoms in total. The van der Waals surface area contributed by atoms with Gasteiger partial charge in [0, 0.05) is 38.3 Å². The largest absolute Gasteiger partial charge is 0.479 e. The van der Waals surface area contributed by atoms with Crippen LogP contribution in [0.3, 0.4) is 0 Å². The third-order valence-corrected chi connectivity index (χ3v) is 5.08. The SMILES string of the molecule is O=C(Cc1ccc2c(c1)OCO2)N1CCC(C(=O)O)(n2cccn2)CC1. The average Bonchev–Trinajstić information content (AvgIpc) is 3.33. The molecule has 0 radical (unpaired) electrons. The third-order valence-electron chi connectivity index (χ3n) is 5.08. The summed E-state index contributed by atoms with van der Waals surface area (Å²) < 4.78 is 12.1. The van der Waals surface area contributed by atoms with Crippen molar-refractivity contribution in [1.82, 2.24) is 14.7 Å². The number of carbonyl (C=O) groups is 2. The molecule has 1 saturated heterocycles. The van der Waals surface area contributed by atoms with Crippen LogP contribution in [0.15, 0.2) is 36.7 Å². The van der Waals surface area contributed by atoms with Crippen LogP contribution < -0.4 is 9.47 Å². The summed E-state index contributed by atoms with van der Waals surface area (Å²) in [5, 5.41) is 13.8. The second kappa shape index (κ2) is 6.36.